The van der Waals surface area contributed by atoms with Crippen LogP contribution in [0, 0.1) is 0 Å². The molecule has 2 nitrogen and oxygen atoms in total. The lowest BCUT2D eigenvalue weighted by Crippen LogP contribution is -1.77. The summed E-state index contributed by atoms with van der Waals surface area (Å²) in [6, 6.07) is 8.01. The van der Waals surface area contributed by atoms with Crippen LogP contribution in [0.5, 0.6) is 5.75 Å². The van der Waals surface area contributed by atoms with E-state index < -0.39 is 0 Å². The summed E-state index contributed by atoms with van der Waals surface area (Å²) in [6.45, 7) is 0. The molecule has 2 rings (SSSR count). The summed E-state index contributed by atoms with van der Waals surface area (Å²) in [4.78, 5) is 3.13. The predicted molar refractivity (Wildman–Crippen MR) is 52.4 cm³/mol. The van der Waals surface area contributed by atoms with Crippen LogP contribution >= 0.6 is 12.0 Å². The molecule has 0 saturated heterocycles. The lowest BCUT2D eigenvalue weighted by atomic mass is 10.2. The van der Waals surface area contributed by atoms with Gasteiger partial charge in [0.05, 0.1) is 12.0 Å². The molecule has 0 aliphatic rings. The highest BCUT2D eigenvalue weighted by atomic mass is 32.2. The predicted octanol–water partition coefficient (Wildman–Crippen LogP) is 2.82. The molecular formula is C9H9NOS. The van der Waals surface area contributed by atoms with Gasteiger partial charge in [-0.3, -0.25) is 0 Å². The number of fused-ring (bicyclic) bond motifs is 1. The van der Waals surface area contributed by atoms with Crippen LogP contribution in [0.2, 0.25) is 0 Å². The third-order valence-electron chi connectivity index (χ3n) is 1.70. The monoisotopic (exact) mass is 179 g/mol. The van der Waals surface area contributed by atoms with Gasteiger partial charge >= 0.3 is 0 Å². The second kappa shape index (κ2) is 3.11. The molecule has 1 heterocycles. The van der Waals surface area contributed by atoms with Gasteiger partial charge in [-0.1, -0.05) is 0 Å². The molecule has 1 aromatic heterocycles. The molecule has 0 amide bonds. The second-order valence-electron chi connectivity index (χ2n) is 2.48. The van der Waals surface area contributed by atoms with Crippen molar-refractivity contribution >= 4 is 22.9 Å². The maximum absolute atomic E-state index is 5.29. The van der Waals surface area contributed by atoms with Gasteiger partial charge in [0.15, 0.2) is 0 Å². The van der Waals surface area contributed by atoms with Crippen LogP contribution in [0.3, 0.4) is 0 Å². The number of aromatic nitrogens is 1. The van der Waals surface area contributed by atoms with Crippen molar-refractivity contribution in [1.29, 1.82) is 0 Å². The Morgan fingerprint density at radius 1 is 1.33 bits per heavy atom. The van der Waals surface area contributed by atoms with Gasteiger partial charge in [-0.2, -0.15) is 0 Å². The average Bonchev–Trinajstić information content (AvgIpc) is 2.51. The van der Waals surface area contributed by atoms with Crippen LogP contribution in [0.4, 0.5) is 0 Å². The Morgan fingerprint density at radius 3 is 3.08 bits per heavy atom. The molecule has 2 aromatic rings. The molecule has 3 heteroatoms. The number of rotatable bonds is 2. The largest absolute Gasteiger partial charge is 0.426 e. The van der Waals surface area contributed by atoms with E-state index in [4.69, 9.17) is 4.18 Å². The lowest BCUT2D eigenvalue weighted by Gasteiger charge is -1.99. The fraction of sp³-hybridized carbons (Fsp3) is 0.111. The minimum absolute atomic E-state index is 0.898. The van der Waals surface area contributed by atoms with Crippen molar-refractivity contribution in [2.75, 3.05) is 6.26 Å². The first-order chi connectivity index (χ1) is 5.90. The average molecular weight is 179 g/mol. The molecule has 0 spiro atoms. The van der Waals surface area contributed by atoms with E-state index >= 15 is 0 Å². The van der Waals surface area contributed by atoms with Gasteiger partial charge in [0, 0.05) is 23.4 Å². The highest BCUT2D eigenvalue weighted by Crippen LogP contribution is 2.21. The molecule has 0 aliphatic carbocycles. The van der Waals surface area contributed by atoms with Gasteiger partial charge in [-0.25, -0.2) is 0 Å². The van der Waals surface area contributed by atoms with Crippen molar-refractivity contribution in [3.05, 3.63) is 30.5 Å². The maximum Gasteiger partial charge on any atom is 0.138 e. The van der Waals surface area contributed by atoms with E-state index in [-0.39, 0.29) is 0 Å². The van der Waals surface area contributed by atoms with Crippen molar-refractivity contribution in [3.8, 4) is 5.75 Å². The zero-order chi connectivity index (χ0) is 8.39. The topological polar surface area (TPSA) is 25.0 Å². The highest BCUT2D eigenvalue weighted by Gasteiger charge is 1.96. The van der Waals surface area contributed by atoms with E-state index in [0.717, 1.165) is 11.3 Å². The summed E-state index contributed by atoms with van der Waals surface area (Å²) in [6.07, 6.45) is 3.83. The first-order valence-electron chi connectivity index (χ1n) is 3.68. The Hall–Kier alpha value is -1.09. The Bertz CT molecular complexity index is 383. The lowest BCUT2D eigenvalue weighted by molar-refractivity contribution is 0.651. The molecule has 0 saturated carbocycles. The zero-order valence-corrected chi connectivity index (χ0v) is 7.52. The van der Waals surface area contributed by atoms with E-state index in [2.05, 4.69) is 4.98 Å². The molecule has 0 aliphatic heterocycles. The summed E-state index contributed by atoms with van der Waals surface area (Å²) in [5, 5.41) is 1.18. The normalized spacial score (nSPS) is 10.4. The van der Waals surface area contributed by atoms with Crippen molar-refractivity contribution in [2.24, 2.45) is 0 Å². The Balaban J connectivity index is 2.46. The van der Waals surface area contributed by atoms with E-state index in [1.807, 2.05) is 36.7 Å². The van der Waals surface area contributed by atoms with Gasteiger partial charge in [0.2, 0.25) is 0 Å². The van der Waals surface area contributed by atoms with Gasteiger partial charge in [-0.15, -0.1) is 0 Å². The quantitative estimate of drug-likeness (QED) is 0.717. The highest BCUT2D eigenvalue weighted by molar-refractivity contribution is 7.94. The summed E-state index contributed by atoms with van der Waals surface area (Å²) in [5.74, 6) is 0.898. The van der Waals surface area contributed by atoms with Crippen LogP contribution in [0.25, 0.3) is 10.9 Å². The van der Waals surface area contributed by atoms with Crippen LogP contribution in [0.15, 0.2) is 30.5 Å². The van der Waals surface area contributed by atoms with Crippen LogP contribution in [0.1, 0.15) is 0 Å². The van der Waals surface area contributed by atoms with E-state index in [1.165, 1.54) is 17.4 Å². The fourth-order valence-electron chi connectivity index (χ4n) is 1.18. The maximum atomic E-state index is 5.29. The van der Waals surface area contributed by atoms with E-state index in [0.29, 0.717) is 0 Å². The third kappa shape index (κ3) is 1.28. The first kappa shape index (κ1) is 7.55. The second-order valence-corrected chi connectivity index (χ2v) is 2.98. The van der Waals surface area contributed by atoms with Crippen LogP contribution in [-0.2, 0) is 0 Å². The number of aromatic amines is 1. The molecule has 62 valence electrons. The van der Waals surface area contributed by atoms with E-state index in [9.17, 15) is 0 Å². The van der Waals surface area contributed by atoms with Crippen molar-refractivity contribution in [3.63, 3.8) is 0 Å². The number of benzene rings is 1. The molecule has 1 aromatic carbocycles. The minimum Gasteiger partial charge on any atom is -0.426 e. The van der Waals surface area contributed by atoms with Gasteiger partial charge in [0.1, 0.15) is 5.75 Å². The molecule has 0 unspecified atom stereocenters. The van der Waals surface area contributed by atoms with Crippen molar-refractivity contribution in [1.82, 2.24) is 4.98 Å². The molecule has 0 radical (unpaired) electrons. The first-order valence-corrected chi connectivity index (χ1v) is 4.83. The molecule has 1 N–H and O–H groups in total. The number of H-pyrrole nitrogens is 1. The van der Waals surface area contributed by atoms with Gasteiger partial charge in [-0.05, 0) is 24.3 Å². The third-order valence-corrected chi connectivity index (χ3v) is 2.06. The summed E-state index contributed by atoms with van der Waals surface area (Å²) in [5.41, 5.74) is 1.14. The number of hydrogen-bond acceptors (Lipinski definition) is 2. The Morgan fingerprint density at radius 2 is 2.25 bits per heavy atom. The molecular weight excluding hydrogens is 170 g/mol. The summed E-state index contributed by atoms with van der Waals surface area (Å²) >= 11 is 1.36. The van der Waals surface area contributed by atoms with Crippen LogP contribution in [-0.4, -0.2) is 11.2 Å². The van der Waals surface area contributed by atoms with E-state index in [1.54, 1.807) is 0 Å². The molecule has 0 bridgehead atoms. The molecule has 0 atom stereocenters. The molecule has 0 fully saturated rings. The van der Waals surface area contributed by atoms with Gasteiger partial charge in [0.25, 0.3) is 0 Å². The zero-order valence-electron chi connectivity index (χ0n) is 6.70. The molecule has 12 heavy (non-hydrogen) atoms. The fourth-order valence-corrected chi connectivity index (χ4v) is 1.48. The Labute approximate surface area is 75.1 Å². The minimum atomic E-state index is 0.898. The standard InChI is InChI=1S/C9H9NOS/c1-12-11-8-2-3-9-7(6-8)4-5-10-9/h2-6,10H,1H3. The smallest absolute Gasteiger partial charge is 0.138 e. The van der Waals surface area contributed by atoms with Gasteiger partial charge < -0.3 is 9.17 Å². The van der Waals surface area contributed by atoms with Crippen molar-refractivity contribution in [2.45, 2.75) is 0 Å². The SMILES string of the molecule is CSOc1ccc2[nH]ccc2c1. The summed E-state index contributed by atoms with van der Waals surface area (Å²) < 4.78 is 5.29. The van der Waals surface area contributed by atoms with Crippen molar-refractivity contribution < 1.29 is 4.18 Å². The summed E-state index contributed by atoms with van der Waals surface area (Å²) in [7, 11) is 0. The Kier molecular flexibility index (Phi) is 1.96. The number of nitrogens with one attached hydrogen (secondary N) is 1. The van der Waals surface area contributed by atoms with Crippen LogP contribution < -0.4 is 4.18 Å². The number of hydrogen-bond donors (Lipinski definition) is 1.